The maximum Gasteiger partial charge on any atom is 0.573 e. The van der Waals surface area contributed by atoms with Crippen LogP contribution < -0.4 is 15.2 Å². The number of nitrogen functional groups attached to an aromatic ring is 1. The topological polar surface area (TPSA) is 44.5 Å². The number of nitrogens with two attached hydrogens (primary N) is 1. The Morgan fingerprint density at radius 1 is 0.950 bits per heavy atom. The summed E-state index contributed by atoms with van der Waals surface area (Å²) in [6.07, 6.45) is -4.69. The number of halogens is 3. The van der Waals surface area contributed by atoms with Crippen molar-refractivity contribution in [2.45, 2.75) is 6.36 Å². The summed E-state index contributed by atoms with van der Waals surface area (Å²) in [6, 6.07) is 10.7. The van der Waals surface area contributed by atoms with E-state index in [0.717, 1.165) is 11.1 Å². The highest BCUT2D eigenvalue weighted by molar-refractivity contribution is 5.71. The second-order valence-corrected chi connectivity index (χ2v) is 4.03. The second kappa shape index (κ2) is 5.32. The fraction of sp³-hybridized carbons (Fsp3) is 0.143. The Morgan fingerprint density at radius 2 is 1.55 bits per heavy atom. The number of anilines is 1. The molecule has 0 fully saturated rings. The van der Waals surface area contributed by atoms with Gasteiger partial charge in [0.25, 0.3) is 0 Å². The number of hydrogen-bond donors (Lipinski definition) is 1. The van der Waals surface area contributed by atoms with Crippen LogP contribution in [-0.2, 0) is 0 Å². The quantitative estimate of drug-likeness (QED) is 0.870. The number of benzene rings is 2. The zero-order chi connectivity index (χ0) is 14.8. The van der Waals surface area contributed by atoms with E-state index in [0.29, 0.717) is 11.4 Å². The van der Waals surface area contributed by atoms with Crippen LogP contribution in [0, 0.1) is 0 Å². The summed E-state index contributed by atoms with van der Waals surface area (Å²) in [6.45, 7) is 0. The van der Waals surface area contributed by atoms with Crippen molar-refractivity contribution in [1.82, 2.24) is 0 Å². The molecule has 0 aliphatic carbocycles. The second-order valence-electron chi connectivity index (χ2n) is 4.03. The van der Waals surface area contributed by atoms with Gasteiger partial charge in [0.1, 0.15) is 11.5 Å². The zero-order valence-electron chi connectivity index (χ0n) is 10.6. The van der Waals surface area contributed by atoms with Gasteiger partial charge in [0.05, 0.1) is 12.8 Å². The highest BCUT2D eigenvalue weighted by Crippen LogP contribution is 2.30. The maximum atomic E-state index is 12.0. The first-order valence-electron chi connectivity index (χ1n) is 5.69. The maximum absolute atomic E-state index is 12.0. The summed E-state index contributed by atoms with van der Waals surface area (Å²) >= 11 is 0. The zero-order valence-corrected chi connectivity index (χ0v) is 10.6. The SMILES string of the molecule is COc1ccc(-c2ccc(OC(F)(F)F)cc2)cc1N. The van der Waals surface area contributed by atoms with Crippen LogP contribution in [0.2, 0.25) is 0 Å². The van der Waals surface area contributed by atoms with Crippen LogP contribution >= 0.6 is 0 Å². The number of methoxy groups -OCH3 is 1. The lowest BCUT2D eigenvalue weighted by Gasteiger charge is -2.10. The molecule has 2 aromatic rings. The lowest BCUT2D eigenvalue weighted by molar-refractivity contribution is -0.274. The van der Waals surface area contributed by atoms with Gasteiger partial charge in [0, 0.05) is 0 Å². The van der Waals surface area contributed by atoms with Crippen LogP contribution in [0.4, 0.5) is 18.9 Å². The Hall–Kier alpha value is -2.37. The van der Waals surface area contributed by atoms with E-state index in [-0.39, 0.29) is 5.75 Å². The molecule has 20 heavy (non-hydrogen) atoms. The molecule has 0 amide bonds. The fourth-order valence-electron chi connectivity index (χ4n) is 1.76. The molecular weight excluding hydrogens is 271 g/mol. The van der Waals surface area contributed by atoms with Crippen molar-refractivity contribution in [3.8, 4) is 22.6 Å². The molecule has 106 valence electrons. The Kier molecular flexibility index (Phi) is 3.74. The van der Waals surface area contributed by atoms with Crippen LogP contribution in [0.15, 0.2) is 42.5 Å². The minimum absolute atomic E-state index is 0.261. The third-order valence-electron chi connectivity index (χ3n) is 2.65. The standard InChI is InChI=1S/C14H12F3NO2/c1-19-13-7-4-10(8-12(13)18)9-2-5-11(6-3-9)20-14(15,16)17/h2-8H,18H2,1H3. The molecule has 6 heteroatoms. The van der Waals surface area contributed by atoms with Crippen LogP contribution in [0.5, 0.6) is 11.5 Å². The van der Waals surface area contributed by atoms with Crippen molar-refractivity contribution in [3.05, 3.63) is 42.5 Å². The smallest absolute Gasteiger partial charge is 0.495 e. The van der Waals surface area contributed by atoms with E-state index in [1.165, 1.54) is 31.4 Å². The highest BCUT2D eigenvalue weighted by atomic mass is 19.4. The summed E-state index contributed by atoms with van der Waals surface area (Å²) in [5.41, 5.74) is 7.75. The average molecular weight is 283 g/mol. The van der Waals surface area contributed by atoms with Crippen molar-refractivity contribution in [2.24, 2.45) is 0 Å². The van der Waals surface area contributed by atoms with Crippen LogP contribution in [0.25, 0.3) is 11.1 Å². The number of alkyl halides is 3. The van der Waals surface area contributed by atoms with Crippen molar-refractivity contribution >= 4 is 5.69 Å². The monoisotopic (exact) mass is 283 g/mol. The van der Waals surface area contributed by atoms with E-state index in [4.69, 9.17) is 10.5 Å². The molecule has 0 unspecified atom stereocenters. The van der Waals surface area contributed by atoms with E-state index >= 15 is 0 Å². The van der Waals surface area contributed by atoms with Crippen LogP contribution in [-0.4, -0.2) is 13.5 Å². The Morgan fingerprint density at radius 3 is 2.05 bits per heavy atom. The molecule has 0 bridgehead atoms. The summed E-state index contributed by atoms with van der Waals surface area (Å²) < 4.78 is 45.0. The van der Waals surface area contributed by atoms with Gasteiger partial charge in [0.15, 0.2) is 0 Å². The van der Waals surface area contributed by atoms with Crippen LogP contribution in [0.3, 0.4) is 0 Å². The minimum atomic E-state index is -4.69. The summed E-state index contributed by atoms with van der Waals surface area (Å²) in [7, 11) is 1.51. The predicted molar refractivity (Wildman–Crippen MR) is 69.5 cm³/mol. The van der Waals surface area contributed by atoms with Gasteiger partial charge in [-0.1, -0.05) is 18.2 Å². The Bertz CT molecular complexity index is 594. The molecule has 0 radical (unpaired) electrons. The Labute approximate surface area is 113 Å². The van der Waals surface area contributed by atoms with Crippen LogP contribution in [0.1, 0.15) is 0 Å². The Balaban J connectivity index is 2.24. The third kappa shape index (κ3) is 3.34. The van der Waals surface area contributed by atoms with Gasteiger partial charge in [-0.15, -0.1) is 13.2 Å². The van der Waals surface area contributed by atoms with Crippen molar-refractivity contribution in [2.75, 3.05) is 12.8 Å². The van der Waals surface area contributed by atoms with Gasteiger partial charge in [-0.3, -0.25) is 0 Å². The van der Waals surface area contributed by atoms with Gasteiger partial charge in [0.2, 0.25) is 0 Å². The van der Waals surface area contributed by atoms with Crippen molar-refractivity contribution in [1.29, 1.82) is 0 Å². The van der Waals surface area contributed by atoms with E-state index in [9.17, 15) is 13.2 Å². The normalized spacial score (nSPS) is 11.2. The molecule has 0 aromatic heterocycles. The van der Waals surface area contributed by atoms with E-state index < -0.39 is 6.36 Å². The summed E-state index contributed by atoms with van der Waals surface area (Å²) in [5.74, 6) is 0.286. The molecule has 0 heterocycles. The molecule has 3 nitrogen and oxygen atoms in total. The van der Waals surface area contributed by atoms with E-state index in [1.807, 2.05) is 0 Å². The third-order valence-corrected chi connectivity index (χ3v) is 2.65. The first kappa shape index (κ1) is 14.0. The highest BCUT2D eigenvalue weighted by Gasteiger charge is 2.30. The van der Waals surface area contributed by atoms with Crippen molar-refractivity contribution < 1.29 is 22.6 Å². The summed E-state index contributed by atoms with van der Waals surface area (Å²) in [5, 5.41) is 0. The largest absolute Gasteiger partial charge is 0.573 e. The lowest BCUT2D eigenvalue weighted by Crippen LogP contribution is -2.16. The molecule has 2 N–H and O–H groups in total. The first-order valence-corrected chi connectivity index (χ1v) is 5.69. The van der Waals surface area contributed by atoms with Gasteiger partial charge >= 0.3 is 6.36 Å². The number of rotatable bonds is 3. The van der Waals surface area contributed by atoms with Gasteiger partial charge < -0.3 is 15.2 Å². The predicted octanol–water partition coefficient (Wildman–Crippen LogP) is 3.84. The van der Waals surface area contributed by atoms with E-state index in [2.05, 4.69) is 4.74 Å². The lowest BCUT2D eigenvalue weighted by atomic mass is 10.0. The molecule has 0 saturated heterocycles. The van der Waals surface area contributed by atoms with E-state index in [1.54, 1.807) is 18.2 Å². The molecule has 0 atom stereocenters. The molecule has 0 saturated carbocycles. The van der Waals surface area contributed by atoms with Gasteiger partial charge in [-0.05, 0) is 35.4 Å². The molecule has 0 aliphatic rings. The summed E-state index contributed by atoms with van der Waals surface area (Å²) in [4.78, 5) is 0. The molecular formula is C14H12F3NO2. The number of ether oxygens (including phenoxy) is 2. The molecule has 2 rings (SSSR count). The first-order chi connectivity index (χ1) is 9.39. The van der Waals surface area contributed by atoms with Crippen molar-refractivity contribution in [3.63, 3.8) is 0 Å². The molecule has 2 aromatic carbocycles. The number of hydrogen-bond acceptors (Lipinski definition) is 3. The van der Waals surface area contributed by atoms with Gasteiger partial charge in [-0.25, -0.2) is 0 Å². The van der Waals surface area contributed by atoms with Gasteiger partial charge in [-0.2, -0.15) is 0 Å². The fourth-order valence-corrected chi connectivity index (χ4v) is 1.76. The minimum Gasteiger partial charge on any atom is -0.495 e. The molecule has 0 spiro atoms. The average Bonchev–Trinajstić information content (AvgIpc) is 2.37. The molecule has 0 aliphatic heterocycles.